The number of carbonyl (C=O) groups excluding carboxylic acids is 1. The zero-order valence-corrected chi connectivity index (χ0v) is 18.9. The average Bonchev–Trinajstić information content (AvgIpc) is 3.13. The van der Waals surface area contributed by atoms with E-state index in [0.29, 0.717) is 34.8 Å². The molecule has 0 atom stereocenters. The van der Waals surface area contributed by atoms with Crippen LogP contribution in [0.15, 0.2) is 58.6 Å². The summed E-state index contributed by atoms with van der Waals surface area (Å²) in [6.45, 7) is 0.945. The van der Waals surface area contributed by atoms with Gasteiger partial charge >= 0.3 is 0 Å². The molecule has 0 radical (unpaired) electrons. The lowest BCUT2D eigenvalue weighted by atomic mass is 10.2. The molecular formula is C19H20ClN5O4S2. The third kappa shape index (κ3) is 6.28. The Labute approximate surface area is 189 Å². The number of sulfonamides is 1. The SMILES string of the molecule is COCCn1c(SCC(=O)Nc2cccc(S(N)(=O)=O)c2)nnc1-c1ccc(Cl)cc1. The molecule has 0 saturated heterocycles. The molecule has 0 aliphatic rings. The molecule has 0 aliphatic carbocycles. The van der Waals surface area contributed by atoms with E-state index in [1.54, 1.807) is 25.3 Å². The molecule has 2 aromatic carbocycles. The minimum atomic E-state index is -3.86. The minimum absolute atomic E-state index is 0.0470. The zero-order chi connectivity index (χ0) is 22.4. The molecule has 0 bridgehead atoms. The summed E-state index contributed by atoms with van der Waals surface area (Å²) in [5.74, 6) is 0.356. The molecule has 3 N–H and O–H groups in total. The quantitative estimate of drug-likeness (QED) is 0.449. The van der Waals surface area contributed by atoms with Gasteiger partial charge in [-0.25, -0.2) is 13.6 Å². The number of benzene rings is 2. The Morgan fingerprint density at radius 3 is 2.65 bits per heavy atom. The van der Waals surface area contributed by atoms with Gasteiger partial charge in [0.2, 0.25) is 15.9 Å². The van der Waals surface area contributed by atoms with Crippen molar-refractivity contribution in [2.75, 3.05) is 24.8 Å². The highest BCUT2D eigenvalue weighted by atomic mass is 35.5. The lowest BCUT2D eigenvalue weighted by molar-refractivity contribution is -0.113. The van der Waals surface area contributed by atoms with Gasteiger partial charge in [-0.15, -0.1) is 10.2 Å². The molecule has 0 spiro atoms. The number of anilines is 1. The Bertz CT molecular complexity index is 1170. The van der Waals surface area contributed by atoms with E-state index in [2.05, 4.69) is 15.5 Å². The molecule has 0 saturated carbocycles. The van der Waals surface area contributed by atoms with Crippen LogP contribution in [0.4, 0.5) is 5.69 Å². The van der Waals surface area contributed by atoms with Gasteiger partial charge in [0.15, 0.2) is 11.0 Å². The number of rotatable bonds is 9. The van der Waals surface area contributed by atoms with Crippen molar-refractivity contribution < 1.29 is 17.9 Å². The van der Waals surface area contributed by atoms with E-state index in [1.165, 1.54) is 30.0 Å². The zero-order valence-electron chi connectivity index (χ0n) is 16.5. The molecule has 0 aliphatic heterocycles. The minimum Gasteiger partial charge on any atom is -0.383 e. The fraction of sp³-hybridized carbons (Fsp3) is 0.211. The van der Waals surface area contributed by atoms with Crippen LogP contribution in [0.3, 0.4) is 0 Å². The Hall–Kier alpha value is -2.44. The lowest BCUT2D eigenvalue weighted by Crippen LogP contribution is -2.16. The molecule has 9 nitrogen and oxygen atoms in total. The molecule has 1 aromatic heterocycles. The average molecular weight is 482 g/mol. The van der Waals surface area contributed by atoms with Crippen LogP contribution < -0.4 is 10.5 Å². The summed E-state index contributed by atoms with van der Waals surface area (Å²) < 4.78 is 30.0. The maximum atomic E-state index is 12.4. The van der Waals surface area contributed by atoms with Gasteiger partial charge in [-0.2, -0.15) is 0 Å². The molecule has 3 aromatic rings. The van der Waals surface area contributed by atoms with Gasteiger partial charge in [-0.1, -0.05) is 29.4 Å². The predicted molar refractivity (Wildman–Crippen MR) is 120 cm³/mol. The first-order valence-corrected chi connectivity index (χ1v) is 11.9. The van der Waals surface area contributed by atoms with Crippen molar-refractivity contribution in [2.45, 2.75) is 16.6 Å². The summed E-state index contributed by atoms with van der Waals surface area (Å²) in [5, 5.41) is 17.4. The predicted octanol–water partition coefficient (Wildman–Crippen LogP) is 2.62. The van der Waals surface area contributed by atoms with Gasteiger partial charge in [0.25, 0.3) is 0 Å². The van der Waals surface area contributed by atoms with Gasteiger partial charge in [0, 0.05) is 23.4 Å². The standard InChI is InChI=1S/C19H20ClN5O4S2/c1-29-10-9-25-18(13-5-7-14(20)8-6-13)23-24-19(25)30-12-17(26)22-15-3-2-4-16(11-15)31(21,27)28/h2-8,11H,9-10,12H2,1H3,(H,22,26)(H2,21,27,28). The Kier molecular flexibility index (Phi) is 7.68. The fourth-order valence-electron chi connectivity index (χ4n) is 2.67. The molecule has 0 fully saturated rings. The summed E-state index contributed by atoms with van der Waals surface area (Å²) in [6, 6.07) is 13.0. The molecule has 3 rings (SSSR count). The summed E-state index contributed by atoms with van der Waals surface area (Å²) in [7, 11) is -2.26. The molecule has 0 unspecified atom stereocenters. The maximum absolute atomic E-state index is 12.4. The van der Waals surface area contributed by atoms with E-state index in [1.807, 2.05) is 16.7 Å². The number of nitrogens with zero attached hydrogens (tertiary/aromatic N) is 3. The normalized spacial score (nSPS) is 11.5. The molecule has 31 heavy (non-hydrogen) atoms. The maximum Gasteiger partial charge on any atom is 0.238 e. The van der Waals surface area contributed by atoms with Crippen LogP contribution in [0.25, 0.3) is 11.4 Å². The number of methoxy groups -OCH3 is 1. The molecule has 1 heterocycles. The van der Waals surface area contributed by atoms with E-state index < -0.39 is 10.0 Å². The molecule has 12 heteroatoms. The number of nitrogens with one attached hydrogen (secondary N) is 1. The van der Waals surface area contributed by atoms with Crippen LogP contribution in [0.5, 0.6) is 0 Å². The van der Waals surface area contributed by atoms with Crippen molar-refractivity contribution in [3.63, 3.8) is 0 Å². The number of halogens is 1. The third-order valence-corrected chi connectivity index (χ3v) is 6.25. The van der Waals surface area contributed by atoms with Crippen molar-refractivity contribution in [1.29, 1.82) is 0 Å². The van der Waals surface area contributed by atoms with Gasteiger partial charge in [0.1, 0.15) is 0 Å². The number of hydrogen-bond acceptors (Lipinski definition) is 7. The summed E-state index contributed by atoms with van der Waals surface area (Å²) in [6.07, 6.45) is 0. The smallest absolute Gasteiger partial charge is 0.238 e. The summed E-state index contributed by atoms with van der Waals surface area (Å²) in [5.41, 5.74) is 1.17. The number of primary sulfonamides is 1. The first-order chi connectivity index (χ1) is 14.8. The van der Waals surface area contributed by atoms with E-state index in [-0.39, 0.29) is 16.6 Å². The van der Waals surface area contributed by atoms with Crippen LogP contribution in [0.1, 0.15) is 0 Å². The van der Waals surface area contributed by atoms with Gasteiger partial charge in [0.05, 0.1) is 23.8 Å². The Morgan fingerprint density at radius 1 is 1.23 bits per heavy atom. The first kappa shape index (κ1) is 23.2. The second-order valence-electron chi connectivity index (χ2n) is 6.37. The molecular weight excluding hydrogens is 462 g/mol. The number of nitrogens with two attached hydrogens (primary N) is 1. The van der Waals surface area contributed by atoms with Crippen molar-refractivity contribution >= 4 is 45.0 Å². The Morgan fingerprint density at radius 2 is 1.97 bits per heavy atom. The molecule has 164 valence electrons. The topological polar surface area (TPSA) is 129 Å². The number of carbonyl (C=O) groups is 1. The Balaban J connectivity index is 1.72. The second kappa shape index (κ2) is 10.2. The third-order valence-electron chi connectivity index (χ3n) is 4.12. The van der Waals surface area contributed by atoms with Gasteiger partial charge in [-0.05, 0) is 42.5 Å². The van der Waals surface area contributed by atoms with Crippen molar-refractivity contribution in [3.05, 3.63) is 53.6 Å². The lowest BCUT2D eigenvalue weighted by Gasteiger charge is -2.10. The highest BCUT2D eigenvalue weighted by Crippen LogP contribution is 2.25. The van der Waals surface area contributed by atoms with Gasteiger partial charge < -0.3 is 10.1 Å². The number of amides is 1. The van der Waals surface area contributed by atoms with Crippen LogP contribution >= 0.6 is 23.4 Å². The van der Waals surface area contributed by atoms with E-state index in [9.17, 15) is 13.2 Å². The highest BCUT2D eigenvalue weighted by Gasteiger charge is 2.16. The van der Waals surface area contributed by atoms with Gasteiger partial charge in [-0.3, -0.25) is 9.36 Å². The van der Waals surface area contributed by atoms with Crippen molar-refractivity contribution in [2.24, 2.45) is 5.14 Å². The van der Waals surface area contributed by atoms with Crippen molar-refractivity contribution in [3.8, 4) is 11.4 Å². The number of hydrogen-bond donors (Lipinski definition) is 2. The molecule has 1 amide bonds. The van der Waals surface area contributed by atoms with E-state index in [4.69, 9.17) is 21.5 Å². The summed E-state index contributed by atoms with van der Waals surface area (Å²) >= 11 is 7.17. The first-order valence-electron chi connectivity index (χ1n) is 9.01. The number of ether oxygens (including phenoxy) is 1. The van der Waals surface area contributed by atoms with Crippen LogP contribution in [0, 0.1) is 0 Å². The number of aromatic nitrogens is 3. The second-order valence-corrected chi connectivity index (χ2v) is 9.31. The van der Waals surface area contributed by atoms with E-state index in [0.717, 1.165) is 5.56 Å². The summed E-state index contributed by atoms with van der Waals surface area (Å²) in [4.78, 5) is 12.3. The van der Waals surface area contributed by atoms with Crippen molar-refractivity contribution in [1.82, 2.24) is 14.8 Å². The van der Waals surface area contributed by atoms with Crippen LogP contribution in [-0.2, 0) is 26.1 Å². The largest absolute Gasteiger partial charge is 0.383 e. The van der Waals surface area contributed by atoms with Crippen LogP contribution in [0.2, 0.25) is 5.02 Å². The highest BCUT2D eigenvalue weighted by molar-refractivity contribution is 7.99. The number of thioether (sulfide) groups is 1. The van der Waals surface area contributed by atoms with E-state index >= 15 is 0 Å². The fourth-order valence-corrected chi connectivity index (χ4v) is 4.12. The van der Waals surface area contributed by atoms with Crippen LogP contribution in [-0.4, -0.2) is 48.6 Å². The monoisotopic (exact) mass is 481 g/mol.